The molecule has 2 N–H and O–H groups in total. The topological polar surface area (TPSA) is 90.9 Å². The molecule has 3 heterocycles. The first-order valence-electron chi connectivity index (χ1n) is 13.9. The molecule has 8 nitrogen and oxygen atoms in total. The van der Waals surface area contributed by atoms with Crippen LogP contribution in [0.1, 0.15) is 37.8 Å². The van der Waals surface area contributed by atoms with Gasteiger partial charge in [0.25, 0.3) is 0 Å². The molecule has 1 atom stereocenters. The molecular formula is C32H36ClN7O. The Morgan fingerprint density at radius 3 is 2.54 bits per heavy atom. The molecule has 0 bridgehead atoms. The minimum atomic E-state index is 0.181. The lowest BCUT2D eigenvalue weighted by Gasteiger charge is -2.40. The molecule has 2 aromatic heterocycles. The first-order valence-corrected chi connectivity index (χ1v) is 14.2. The Morgan fingerprint density at radius 2 is 1.83 bits per heavy atom. The van der Waals surface area contributed by atoms with Gasteiger partial charge < -0.3 is 15.5 Å². The van der Waals surface area contributed by atoms with Gasteiger partial charge in [0, 0.05) is 38.1 Å². The number of para-hydroxylation sites is 1. The monoisotopic (exact) mass is 569 g/mol. The smallest absolute Gasteiger partial charge is 0.219 e. The summed E-state index contributed by atoms with van der Waals surface area (Å²) in [5, 5.41) is 2.20. The maximum absolute atomic E-state index is 13.0. The average molecular weight is 570 g/mol. The van der Waals surface area contributed by atoms with Gasteiger partial charge in [-0.15, -0.1) is 0 Å². The summed E-state index contributed by atoms with van der Waals surface area (Å²) in [5.74, 6) is 1.72. The van der Waals surface area contributed by atoms with Crippen LogP contribution in [0.2, 0.25) is 5.02 Å². The maximum atomic E-state index is 13.0. The molecule has 1 aliphatic heterocycles. The van der Waals surface area contributed by atoms with Crippen LogP contribution >= 0.6 is 11.6 Å². The highest BCUT2D eigenvalue weighted by Crippen LogP contribution is 2.39. The van der Waals surface area contributed by atoms with Gasteiger partial charge in [0.1, 0.15) is 23.0 Å². The number of carbonyl (C=O) groups excluding carboxylic acids is 1. The molecule has 212 valence electrons. The SMILES string of the molecule is CN=C(c1cc(Cl)c(-c2nc(N)cc3ccccc23)nc1N(C=O)c1ccccc1C(C)C)N1CCN(C)CC1C. The fourth-order valence-electron chi connectivity index (χ4n) is 5.67. The van der Waals surface area contributed by atoms with Gasteiger partial charge in [-0.2, -0.15) is 0 Å². The number of rotatable bonds is 6. The number of nitrogens with two attached hydrogens (primary N) is 1. The van der Waals surface area contributed by atoms with Gasteiger partial charge in [0.05, 0.1) is 16.3 Å². The highest BCUT2D eigenvalue weighted by Gasteiger charge is 2.30. The number of hydrogen-bond donors (Lipinski definition) is 1. The normalized spacial score (nSPS) is 16.4. The molecule has 1 aliphatic rings. The summed E-state index contributed by atoms with van der Waals surface area (Å²) in [6.07, 6.45) is 0.816. The molecule has 1 fully saturated rings. The molecule has 0 spiro atoms. The van der Waals surface area contributed by atoms with Crippen molar-refractivity contribution in [3.8, 4) is 11.4 Å². The van der Waals surface area contributed by atoms with Gasteiger partial charge in [0.15, 0.2) is 5.82 Å². The number of halogens is 1. The molecule has 41 heavy (non-hydrogen) atoms. The number of amides is 1. The quantitative estimate of drug-likeness (QED) is 0.175. The summed E-state index contributed by atoms with van der Waals surface area (Å²) in [6, 6.07) is 19.6. The predicted molar refractivity (Wildman–Crippen MR) is 169 cm³/mol. The predicted octanol–water partition coefficient (Wildman–Crippen LogP) is 5.96. The largest absolute Gasteiger partial charge is 0.384 e. The number of piperazine rings is 1. The molecule has 2 aromatic carbocycles. The molecule has 0 saturated carbocycles. The molecule has 1 unspecified atom stereocenters. The van der Waals surface area contributed by atoms with E-state index in [0.29, 0.717) is 33.6 Å². The molecular weight excluding hydrogens is 534 g/mol. The van der Waals surface area contributed by atoms with Crippen molar-refractivity contribution < 1.29 is 4.79 Å². The summed E-state index contributed by atoms with van der Waals surface area (Å²) >= 11 is 7.03. The third-order valence-corrected chi connectivity index (χ3v) is 7.94. The van der Waals surface area contributed by atoms with E-state index in [2.05, 4.69) is 42.6 Å². The van der Waals surface area contributed by atoms with Crippen LogP contribution in [0.3, 0.4) is 0 Å². The number of nitrogens with zero attached hydrogens (tertiary/aromatic N) is 6. The lowest BCUT2D eigenvalue weighted by Crippen LogP contribution is -2.53. The van der Waals surface area contributed by atoms with E-state index < -0.39 is 0 Å². The fraction of sp³-hybridized carbons (Fsp3) is 0.312. The van der Waals surface area contributed by atoms with Crippen molar-refractivity contribution in [3.05, 3.63) is 76.8 Å². The number of fused-ring (bicyclic) bond motifs is 1. The Kier molecular flexibility index (Phi) is 8.24. The third kappa shape index (κ3) is 5.49. The van der Waals surface area contributed by atoms with E-state index in [1.54, 1.807) is 11.9 Å². The lowest BCUT2D eigenvalue weighted by atomic mass is 10.00. The first kappa shape index (κ1) is 28.5. The van der Waals surface area contributed by atoms with Crippen molar-refractivity contribution in [2.45, 2.75) is 32.7 Å². The number of nitrogen functional groups attached to an aromatic ring is 1. The van der Waals surface area contributed by atoms with Crippen molar-refractivity contribution in [3.63, 3.8) is 0 Å². The van der Waals surface area contributed by atoms with Crippen LogP contribution in [-0.2, 0) is 4.79 Å². The van der Waals surface area contributed by atoms with E-state index in [4.69, 9.17) is 27.3 Å². The number of likely N-dealkylation sites (N-methyl/N-ethyl adjacent to an activating group) is 1. The molecule has 0 aliphatic carbocycles. The fourth-order valence-corrected chi connectivity index (χ4v) is 5.91. The first-order chi connectivity index (χ1) is 19.7. The van der Waals surface area contributed by atoms with Gasteiger partial charge >= 0.3 is 0 Å². The van der Waals surface area contributed by atoms with Crippen LogP contribution in [0.5, 0.6) is 0 Å². The molecule has 1 saturated heterocycles. The van der Waals surface area contributed by atoms with Gasteiger partial charge in [0.2, 0.25) is 6.41 Å². The lowest BCUT2D eigenvalue weighted by molar-refractivity contribution is -0.106. The van der Waals surface area contributed by atoms with Crippen molar-refractivity contribution >= 4 is 51.9 Å². The minimum Gasteiger partial charge on any atom is -0.384 e. The molecule has 0 radical (unpaired) electrons. The average Bonchev–Trinajstić information content (AvgIpc) is 2.95. The van der Waals surface area contributed by atoms with Gasteiger partial charge in [-0.25, -0.2) is 9.97 Å². The Bertz CT molecular complexity index is 1620. The van der Waals surface area contributed by atoms with E-state index >= 15 is 0 Å². The summed E-state index contributed by atoms with van der Waals surface area (Å²) in [5.41, 5.74) is 9.69. The highest BCUT2D eigenvalue weighted by molar-refractivity contribution is 6.34. The Labute approximate surface area is 246 Å². The number of pyridine rings is 2. The van der Waals surface area contributed by atoms with Crippen LogP contribution in [0, 0.1) is 0 Å². The number of carbonyl (C=O) groups is 1. The summed E-state index contributed by atoms with van der Waals surface area (Å²) in [6.45, 7) is 8.96. The Balaban J connectivity index is 1.79. The van der Waals surface area contributed by atoms with Crippen LogP contribution in [0.4, 0.5) is 17.3 Å². The van der Waals surface area contributed by atoms with E-state index in [1.807, 2.05) is 60.7 Å². The summed E-state index contributed by atoms with van der Waals surface area (Å²) < 4.78 is 0. The number of aromatic nitrogens is 2. The number of hydrogen-bond acceptors (Lipinski definition) is 6. The van der Waals surface area contributed by atoms with Crippen molar-refractivity contribution in [2.24, 2.45) is 4.99 Å². The van der Waals surface area contributed by atoms with Gasteiger partial charge in [-0.3, -0.25) is 14.7 Å². The summed E-state index contributed by atoms with van der Waals surface area (Å²) in [7, 11) is 3.89. The second kappa shape index (κ2) is 11.8. The van der Waals surface area contributed by atoms with Crippen LogP contribution in [0.25, 0.3) is 22.2 Å². The van der Waals surface area contributed by atoms with E-state index in [0.717, 1.165) is 53.9 Å². The van der Waals surface area contributed by atoms with Crippen molar-refractivity contribution in [1.82, 2.24) is 19.8 Å². The highest BCUT2D eigenvalue weighted by atomic mass is 35.5. The molecule has 1 amide bonds. The van der Waals surface area contributed by atoms with Crippen molar-refractivity contribution in [2.75, 3.05) is 44.4 Å². The zero-order valence-corrected chi connectivity index (χ0v) is 24.9. The van der Waals surface area contributed by atoms with Crippen LogP contribution < -0.4 is 10.6 Å². The van der Waals surface area contributed by atoms with Crippen LogP contribution in [-0.4, -0.2) is 71.8 Å². The number of benzene rings is 2. The summed E-state index contributed by atoms with van der Waals surface area (Å²) in [4.78, 5) is 33.7. The maximum Gasteiger partial charge on any atom is 0.219 e. The zero-order valence-electron chi connectivity index (χ0n) is 24.2. The van der Waals surface area contributed by atoms with E-state index in [9.17, 15) is 4.79 Å². The van der Waals surface area contributed by atoms with Gasteiger partial charge in [-0.05, 0) is 49.0 Å². The Hall–Kier alpha value is -4.01. The number of aliphatic imine (C=N–C) groups is 1. The van der Waals surface area contributed by atoms with Crippen LogP contribution in [0.15, 0.2) is 65.7 Å². The molecule has 4 aromatic rings. The minimum absolute atomic E-state index is 0.181. The molecule has 9 heteroatoms. The van der Waals surface area contributed by atoms with Gasteiger partial charge in [-0.1, -0.05) is 67.9 Å². The van der Waals surface area contributed by atoms with E-state index in [1.165, 1.54) is 0 Å². The van der Waals surface area contributed by atoms with Crippen molar-refractivity contribution in [1.29, 1.82) is 0 Å². The standard InChI is InChI=1S/C32H36ClN7O/c1-20(2)23-11-8-9-13-27(23)40(19-41)32-25(31(35-4)39-15-14-38(5)18-21(39)3)17-26(33)30(37-32)29-24-12-7-6-10-22(24)16-28(34)36-29/h6-13,16-17,19-21H,14-15,18H2,1-5H3,(H2,34,36). The molecule has 5 rings (SSSR count). The second-order valence-corrected chi connectivity index (χ2v) is 11.3. The number of anilines is 3. The zero-order chi connectivity index (χ0) is 29.3. The van der Waals surface area contributed by atoms with E-state index in [-0.39, 0.29) is 12.0 Å². The Morgan fingerprint density at radius 1 is 1.10 bits per heavy atom. The second-order valence-electron chi connectivity index (χ2n) is 10.8. The number of amidine groups is 1. The third-order valence-electron chi connectivity index (χ3n) is 7.65.